The van der Waals surface area contributed by atoms with E-state index in [0.717, 1.165) is 51.9 Å². The summed E-state index contributed by atoms with van der Waals surface area (Å²) in [5.74, 6) is 2.46. The van der Waals surface area contributed by atoms with Crippen LogP contribution in [0.1, 0.15) is 17.5 Å². The Morgan fingerprint density at radius 1 is 1.26 bits per heavy atom. The van der Waals surface area contributed by atoms with E-state index in [9.17, 15) is 10.4 Å². The maximum atomic E-state index is 9.47. The summed E-state index contributed by atoms with van der Waals surface area (Å²) in [7, 11) is 1.64. The van der Waals surface area contributed by atoms with Crippen molar-refractivity contribution in [2.24, 2.45) is 5.92 Å². The van der Waals surface area contributed by atoms with Gasteiger partial charge in [0.25, 0.3) is 0 Å². The van der Waals surface area contributed by atoms with Crippen molar-refractivity contribution in [1.29, 1.82) is 5.26 Å². The Labute approximate surface area is 195 Å². The molecule has 162 valence electrons. The lowest BCUT2D eigenvalue weighted by Gasteiger charge is -2.20. The normalized spacial score (nSPS) is 15.4. The van der Waals surface area contributed by atoms with Gasteiger partial charge < -0.3 is 20.1 Å². The van der Waals surface area contributed by atoms with Gasteiger partial charge in [0.2, 0.25) is 0 Å². The van der Waals surface area contributed by atoms with Gasteiger partial charge in [-0.05, 0) is 58.2 Å². The molecule has 0 bridgehead atoms. The van der Waals surface area contributed by atoms with E-state index in [1.807, 2.05) is 30.3 Å². The predicted octanol–water partition coefficient (Wildman–Crippen LogP) is 4.13. The molecule has 1 saturated heterocycles. The first kappa shape index (κ1) is 23.1. The van der Waals surface area contributed by atoms with E-state index < -0.39 is 0 Å². The molecule has 0 radical (unpaired) electrons. The van der Waals surface area contributed by atoms with E-state index in [2.05, 4.69) is 42.4 Å². The summed E-state index contributed by atoms with van der Waals surface area (Å²) >= 11 is 3.51. The summed E-state index contributed by atoms with van der Waals surface area (Å²) in [5.41, 5.74) is 1.63. The quantitative estimate of drug-likeness (QED) is 0.521. The van der Waals surface area contributed by atoms with E-state index >= 15 is 0 Å². The molecule has 7 nitrogen and oxygen atoms in total. The first-order chi connectivity index (χ1) is 14.6. The van der Waals surface area contributed by atoms with Crippen molar-refractivity contribution in [3.63, 3.8) is 0 Å². The lowest BCUT2D eigenvalue weighted by atomic mass is 10.1. The number of anilines is 2. The molecule has 4 rings (SSSR count). The van der Waals surface area contributed by atoms with Crippen LogP contribution < -0.4 is 15.0 Å². The van der Waals surface area contributed by atoms with Crippen molar-refractivity contribution in [2.75, 3.05) is 37.0 Å². The van der Waals surface area contributed by atoms with Gasteiger partial charge in [-0.15, -0.1) is 22.6 Å². The first-order valence-electron chi connectivity index (χ1n) is 9.75. The van der Waals surface area contributed by atoms with Crippen LogP contribution in [0, 0.1) is 17.2 Å². The highest BCUT2D eigenvalue weighted by molar-refractivity contribution is 9.10. The van der Waals surface area contributed by atoms with Crippen LogP contribution in [0.4, 0.5) is 11.6 Å². The van der Waals surface area contributed by atoms with E-state index in [1.165, 1.54) is 0 Å². The Hall–Kier alpha value is -2.60. The van der Waals surface area contributed by atoms with Gasteiger partial charge in [-0.2, -0.15) is 5.26 Å². The summed E-state index contributed by atoms with van der Waals surface area (Å²) in [5, 5.41) is 32.9. The second-order valence-electron chi connectivity index (χ2n) is 7.35. The maximum absolute atomic E-state index is 9.47. The Kier molecular flexibility index (Phi) is 7.55. The monoisotopic (exact) mass is 503 g/mol. The molecule has 1 fully saturated rings. The van der Waals surface area contributed by atoms with Crippen LogP contribution in [0.5, 0.6) is 5.75 Å². The van der Waals surface area contributed by atoms with Crippen molar-refractivity contribution in [3.8, 4) is 11.8 Å². The maximum Gasteiger partial charge on any atom is 0.159 e. The summed E-state index contributed by atoms with van der Waals surface area (Å²) in [6, 6.07) is 13.7. The zero-order valence-corrected chi connectivity index (χ0v) is 19.4. The molecular formula is C22H23BrClN5O2. The number of nitrogens with zero attached hydrogens (tertiary/aromatic N) is 4. The van der Waals surface area contributed by atoms with Crippen molar-refractivity contribution in [3.05, 3.63) is 52.0 Å². The van der Waals surface area contributed by atoms with Gasteiger partial charge in [0.1, 0.15) is 5.75 Å². The van der Waals surface area contributed by atoms with E-state index in [-0.39, 0.29) is 24.9 Å². The topological polar surface area (TPSA) is 94.3 Å². The molecule has 0 amide bonds. The summed E-state index contributed by atoms with van der Waals surface area (Å²) in [6.07, 6.45) is 0.933. The van der Waals surface area contributed by atoms with Crippen LogP contribution >= 0.6 is 28.3 Å². The fourth-order valence-electron chi connectivity index (χ4n) is 3.75. The molecule has 1 atom stereocenters. The molecule has 0 saturated carbocycles. The van der Waals surface area contributed by atoms with E-state index in [0.29, 0.717) is 17.9 Å². The molecule has 9 heteroatoms. The molecule has 0 aliphatic carbocycles. The number of benzene rings is 2. The van der Waals surface area contributed by atoms with E-state index in [1.54, 1.807) is 13.2 Å². The van der Waals surface area contributed by atoms with Gasteiger partial charge in [-0.25, -0.2) is 0 Å². The van der Waals surface area contributed by atoms with Gasteiger partial charge in [0, 0.05) is 42.9 Å². The third-order valence-corrected chi connectivity index (χ3v) is 6.03. The van der Waals surface area contributed by atoms with Crippen molar-refractivity contribution in [1.82, 2.24) is 10.2 Å². The van der Waals surface area contributed by atoms with Crippen LogP contribution in [0.25, 0.3) is 10.8 Å². The molecule has 31 heavy (non-hydrogen) atoms. The van der Waals surface area contributed by atoms with Crippen LogP contribution in [0.15, 0.2) is 40.9 Å². The molecule has 2 heterocycles. The molecular weight excluding hydrogens is 482 g/mol. The number of nitriles is 1. The highest BCUT2D eigenvalue weighted by Gasteiger charge is 2.25. The van der Waals surface area contributed by atoms with Gasteiger partial charge in [-0.3, -0.25) is 0 Å². The smallest absolute Gasteiger partial charge is 0.159 e. The summed E-state index contributed by atoms with van der Waals surface area (Å²) in [4.78, 5) is 2.16. The van der Waals surface area contributed by atoms with Gasteiger partial charge in [-0.1, -0.05) is 6.07 Å². The molecule has 0 spiro atoms. The molecule has 1 aliphatic rings. The zero-order valence-electron chi connectivity index (χ0n) is 17.0. The number of nitrogens with one attached hydrogen (secondary N) is 1. The van der Waals surface area contributed by atoms with Crippen molar-refractivity contribution < 1.29 is 9.84 Å². The Morgan fingerprint density at radius 2 is 2.10 bits per heavy atom. The standard InChI is InChI=1S/C22H22BrN5O2.ClH/c1-30-20-5-3-15(9-19(20)23)11-25-21-18-8-14(10-24)2-4-17(18)22(27-26-21)28-7-6-16(12-28)13-29;/h2-5,8-9,16,29H,6-7,11-13H2,1H3,(H,25,26);1H/t16-;/m0./s1. The largest absolute Gasteiger partial charge is 0.496 e. The number of fused-ring (bicyclic) bond motifs is 1. The average Bonchev–Trinajstić information content (AvgIpc) is 3.26. The summed E-state index contributed by atoms with van der Waals surface area (Å²) in [6.45, 7) is 2.32. The van der Waals surface area contributed by atoms with Gasteiger partial charge in [0.05, 0.1) is 23.2 Å². The molecule has 3 aromatic rings. The molecule has 1 aliphatic heterocycles. The highest BCUT2D eigenvalue weighted by atomic mass is 79.9. The van der Waals surface area contributed by atoms with Crippen molar-refractivity contribution in [2.45, 2.75) is 13.0 Å². The van der Waals surface area contributed by atoms with Crippen LogP contribution in [0.3, 0.4) is 0 Å². The van der Waals surface area contributed by atoms with Crippen LogP contribution in [-0.4, -0.2) is 42.1 Å². The van der Waals surface area contributed by atoms with Crippen LogP contribution in [-0.2, 0) is 6.54 Å². The van der Waals surface area contributed by atoms with Crippen LogP contribution in [0.2, 0.25) is 0 Å². The third-order valence-electron chi connectivity index (χ3n) is 5.41. The molecule has 2 N–H and O–H groups in total. The number of rotatable bonds is 6. The number of hydrogen-bond donors (Lipinski definition) is 2. The number of ether oxygens (including phenoxy) is 1. The number of methoxy groups -OCH3 is 1. The second-order valence-corrected chi connectivity index (χ2v) is 8.20. The lowest BCUT2D eigenvalue weighted by molar-refractivity contribution is 0.238. The fourth-order valence-corrected chi connectivity index (χ4v) is 4.34. The highest BCUT2D eigenvalue weighted by Crippen LogP contribution is 2.33. The first-order valence-corrected chi connectivity index (χ1v) is 10.5. The average molecular weight is 505 g/mol. The minimum absolute atomic E-state index is 0. The summed E-state index contributed by atoms with van der Waals surface area (Å²) < 4.78 is 6.17. The minimum Gasteiger partial charge on any atom is -0.496 e. The molecule has 2 aromatic carbocycles. The molecule has 1 aromatic heterocycles. The number of halogens is 2. The Balaban J connectivity index is 0.00000272. The van der Waals surface area contributed by atoms with E-state index in [4.69, 9.17) is 4.74 Å². The molecule has 0 unspecified atom stereocenters. The van der Waals surface area contributed by atoms with Gasteiger partial charge >= 0.3 is 0 Å². The number of aromatic nitrogens is 2. The minimum atomic E-state index is 0. The fraction of sp³-hybridized carbons (Fsp3) is 0.318. The number of hydrogen-bond acceptors (Lipinski definition) is 7. The third kappa shape index (κ3) is 4.85. The van der Waals surface area contributed by atoms with Gasteiger partial charge in [0.15, 0.2) is 11.6 Å². The Morgan fingerprint density at radius 3 is 2.77 bits per heavy atom. The number of aliphatic hydroxyl groups is 1. The number of aliphatic hydroxyl groups excluding tert-OH is 1. The Bertz CT molecular complexity index is 1120. The predicted molar refractivity (Wildman–Crippen MR) is 127 cm³/mol. The lowest BCUT2D eigenvalue weighted by Crippen LogP contribution is -2.22. The SMILES string of the molecule is COc1ccc(CNc2nnc(N3CC[C@H](CO)C3)c3ccc(C#N)cc23)cc1Br.Cl. The van der Waals surface area contributed by atoms with Crippen molar-refractivity contribution >= 4 is 50.7 Å². The second kappa shape index (κ2) is 10.1. The zero-order chi connectivity index (χ0) is 21.1.